The molecular weight excluding hydrogens is 1910 g/mol. The zero-order chi connectivity index (χ0) is 103. The number of aromatic nitrogens is 4. The first-order valence-electron chi connectivity index (χ1n) is 52.9. The minimum Gasteiger partial charge on any atom is -0.495 e. The number of para-hydroxylation sites is 4. The van der Waals surface area contributed by atoms with Crippen LogP contribution in [0.4, 0.5) is 4.39 Å². The predicted octanol–water partition coefficient (Wildman–Crippen LogP) is 25.0. The Labute approximate surface area is 881 Å². The number of benzene rings is 12. The molecule has 149 heavy (non-hydrogen) atoms. The molecule has 770 valence electrons. The summed E-state index contributed by atoms with van der Waals surface area (Å²) in [5.74, 6) is 6.44. The Morgan fingerprint density at radius 1 is 0.315 bits per heavy atom. The number of aryl methyl sites for hydroxylation is 4. The molecule has 1 aliphatic carbocycles. The zero-order valence-corrected chi connectivity index (χ0v) is 87.0. The van der Waals surface area contributed by atoms with E-state index in [1.807, 2.05) is 261 Å². The van der Waals surface area contributed by atoms with Gasteiger partial charge in [0.2, 0.25) is 0 Å². The van der Waals surface area contributed by atoms with Crippen LogP contribution >= 0.6 is 23.2 Å². The summed E-state index contributed by atoms with van der Waals surface area (Å²) in [6.07, 6.45) is 22.8. The van der Waals surface area contributed by atoms with Crippen molar-refractivity contribution in [3.05, 3.63) is 364 Å². The highest BCUT2D eigenvalue weighted by atomic mass is 35.5. The number of carbonyl (C=O) groups excluding carboxylic acids is 5. The number of carbonyl (C=O) groups is 5. The van der Waals surface area contributed by atoms with Gasteiger partial charge in [0, 0.05) is 208 Å². The van der Waals surface area contributed by atoms with Crippen molar-refractivity contribution in [2.24, 2.45) is 11.8 Å². The molecule has 2 bridgehead atoms. The van der Waals surface area contributed by atoms with Gasteiger partial charge in [-0.05, 0) is 214 Å². The number of nitrogens with zero attached hydrogens (tertiary/aromatic N) is 9. The number of likely N-dealkylation sites (tertiary alicyclic amines) is 2. The van der Waals surface area contributed by atoms with E-state index in [4.69, 9.17) is 56.4 Å². The summed E-state index contributed by atoms with van der Waals surface area (Å²) in [5, 5.41) is 7.36. The lowest BCUT2D eigenvalue weighted by atomic mass is 9.89. The van der Waals surface area contributed by atoms with Crippen LogP contribution in [0.3, 0.4) is 0 Å². The average Bonchev–Trinajstić information content (AvgIpc) is 1.61. The highest BCUT2D eigenvalue weighted by molar-refractivity contribution is 6.35. The van der Waals surface area contributed by atoms with Crippen LogP contribution in [0.2, 0.25) is 10.0 Å². The molecule has 12 aromatic carbocycles. The molecule has 5 aliphatic heterocycles. The summed E-state index contributed by atoms with van der Waals surface area (Å²) in [7, 11) is 6.74. The van der Waals surface area contributed by atoms with Gasteiger partial charge in [-0.25, -0.2) is 4.39 Å². The van der Waals surface area contributed by atoms with Gasteiger partial charge < -0.3 is 61.2 Å². The first-order valence-corrected chi connectivity index (χ1v) is 53.6. The maximum absolute atomic E-state index is 13.4. The molecule has 9 heterocycles. The molecule has 6 fully saturated rings. The fourth-order valence-electron chi connectivity index (χ4n) is 22.6. The molecule has 0 amide bonds. The standard InChI is InChI=1S/C32H36ClN3O3.C32H33FN2O3.C31H32N2O3.C30H31ClN2O3/c1-38-30-9-4-8-26-27(32(37)23-10-11-23)22-36(31(26)30)15-5-14-34-16-18-35(19-17-34)20-21-39-29-13-12-28(33)24-6-2-3-7-25(24)29;1-37-30-10-5-9-28-29(32(36)22-7-3-2-4-8-22)21-34(31(28)30)17-6-18-35-24-13-14-25(35)20-27(19-24)38-26-15-11-23(33)12-16-26;1-36-28-15-8-14-26-27(31(35)24-12-6-3-7-13-24)22-33(29(26)28)19-9-18-32-20-16-25(17-21-32)30(34)23-10-4-2-5-11-23;1-35-28-12-5-11-26-27(30(34)22-8-3-2-4-9-22)21-33(29(26)28)19-7-18-32-17-6-10-25(20-32)36-24-15-13-23(31)14-16-24/h2-4,6-9,12-13,22-23H,5,10-11,14-21H2,1H3;2-5,7-12,15-16,21,24-25,27H,6,13-14,17-20H2,1H3;2-8,10-15,22,25H,9,16-21H2,1H3;2-5,8-9,11-16,21,25H,6-7,10,17-20H2,1H3. The third-order valence-electron chi connectivity index (χ3n) is 30.3. The second kappa shape index (κ2) is 49.6. The van der Waals surface area contributed by atoms with Gasteiger partial charge in [-0.3, -0.25) is 38.7 Å². The summed E-state index contributed by atoms with van der Waals surface area (Å²) < 4.78 is 63.3. The van der Waals surface area contributed by atoms with Crippen LogP contribution in [-0.4, -0.2) is 216 Å². The average molecular weight is 2040 g/mol. The van der Waals surface area contributed by atoms with Crippen molar-refractivity contribution in [1.82, 2.24) is 42.8 Å². The Balaban J connectivity index is 0.000000125. The molecule has 0 N–H and O–H groups in total. The van der Waals surface area contributed by atoms with Gasteiger partial charge in [-0.2, -0.15) is 0 Å². The van der Waals surface area contributed by atoms with Gasteiger partial charge >= 0.3 is 0 Å². The normalized spacial score (nSPS) is 17.2. The van der Waals surface area contributed by atoms with Crippen molar-refractivity contribution < 1.29 is 61.5 Å². The number of halogens is 3. The molecule has 21 nitrogen and oxygen atoms in total. The number of methoxy groups -OCH3 is 4. The molecule has 5 saturated heterocycles. The van der Waals surface area contributed by atoms with E-state index < -0.39 is 0 Å². The number of Topliss-reactive ketones (excluding diaryl/α,β-unsaturated/α-hetero) is 2. The second-order valence-corrected chi connectivity index (χ2v) is 40.7. The first kappa shape index (κ1) is 104. The summed E-state index contributed by atoms with van der Waals surface area (Å²) in [4.78, 5) is 78.3. The van der Waals surface area contributed by atoms with Crippen LogP contribution in [0, 0.1) is 17.7 Å². The van der Waals surface area contributed by atoms with Crippen molar-refractivity contribution in [3.63, 3.8) is 0 Å². The van der Waals surface area contributed by atoms with Gasteiger partial charge in [0.1, 0.15) is 64.9 Å². The molecule has 4 aromatic heterocycles. The van der Waals surface area contributed by atoms with E-state index in [0.29, 0.717) is 52.1 Å². The van der Waals surface area contributed by atoms with Gasteiger partial charge in [0.05, 0.1) is 50.5 Å². The summed E-state index contributed by atoms with van der Waals surface area (Å²) in [6.45, 7) is 16.9. The van der Waals surface area contributed by atoms with E-state index in [2.05, 4.69) is 61.1 Å². The third-order valence-corrected chi connectivity index (χ3v) is 30.9. The van der Waals surface area contributed by atoms with Crippen molar-refractivity contribution >= 4 is 107 Å². The number of ether oxygens (including phenoxy) is 7. The number of fused-ring (bicyclic) bond motifs is 7. The molecule has 6 aliphatic rings. The zero-order valence-electron chi connectivity index (χ0n) is 85.5. The number of ketones is 5. The minimum absolute atomic E-state index is 0.0257. The maximum atomic E-state index is 13.4. The monoisotopic (exact) mass is 2040 g/mol. The van der Waals surface area contributed by atoms with Crippen LogP contribution in [-0.2, 0) is 26.2 Å². The number of piperidine rings is 3. The summed E-state index contributed by atoms with van der Waals surface area (Å²) in [5.41, 5.74) is 9.84. The van der Waals surface area contributed by atoms with Gasteiger partial charge in [0.15, 0.2) is 28.9 Å². The van der Waals surface area contributed by atoms with Crippen molar-refractivity contribution in [3.8, 4) is 40.2 Å². The molecule has 3 atom stereocenters. The fourth-order valence-corrected chi connectivity index (χ4v) is 22.9. The van der Waals surface area contributed by atoms with Crippen molar-refractivity contribution in [2.45, 2.75) is 140 Å². The lowest BCUT2D eigenvalue weighted by Crippen LogP contribution is -2.47. The van der Waals surface area contributed by atoms with E-state index in [9.17, 15) is 28.4 Å². The number of hydrogen-bond acceptors (Lipinski definition) is 17. The highest BCUT2D eigenvalue weighted by Crippen LogP contribution is 2.43. The predicted molar refractivity (Wildman–Crippen MR) is 591 cm³/mol. The second-order valence-electron chi connectivity index (χ2n) is 39.9. The smallest absolute Gasteiger partial charge is 0.195 e. The Morgan fingerprint density at radius 2 is 0.691 bits per heavy atom. The molecule has 24 heteroatoms. The van der Waals surface area contributed by atoms with E-state index in [1.54, 1.807) is 40.6 Å². The Kier molecular flexibility index (Phi) is 34.6. The Bertz CT molecular complexity index is 7250. The molecule has 0 radical (unpaired) electrons. The lowest BCUT2D eigenvalue weighted by molar-refractivity contribution is 0.0481. The summed E-state index contributed by atoms with van der Waals surface area (Å²) >= 11 is 12.3. The minimum atomic E-state index is -0.239. The van der Waals surface area contributed by atoms with Gasteiger partial charge in [0.25, 0.3) is 0 Å². The highest BCUT2D eigenvalue weighted by Gasteiger charge is 2.42. The maximum Gasteiger partial charge on any atom is 0.195 e. The van der Waals surface area contributed by atoms with Crippen LogP contribution in [0.5, 0.6) is 40.2 Å². The number of hydrogen-bond donors (Lipinski definition) is 0. The fraction of sp³-hybridized carbons (Fsp3) is 0.336. The molecule has 0 spiro atoms. The van der Waals surface area contributed by atoms with Crippen LogP contribution < -0.4 is 33.2 Å². The number of rotatable bonds is 38. The first-order chi connectivity index (χ1) is 73.0. The topological polar surface area (TPSA) is 186 Å². The molecular formula is C125H132Cl2FN9O12. The van der Waals surface area contributed by atoms with Gasteiger partial charge in [-0.15, -0.1) is 0 Å². The molecule has 16 aromatic rings. The molecule has 3 unspecified atom stereocenters. The SMILES string of the molecule is COc1cccc2c(C(=O)C3CC3)cn(CCCN3CCN(CCOc4ccc(Cl)c5ccccc45)CC3)c12.COc1cccc2c(C(=O)c3ccccc3)cn(CCCN3C4CCC3CC(Oc3ccc(F)cc3)C4)c12.COc1cccc2c(C(=O)c3ccccc3)cn(CCCN3CCC(C(=O)c4ccccc4)CC3)c12.COc1cccc2c(C(=O)c3ccccc3)cn(CCCN3CCCC(Oc4ccc(Cl)cc4)C3)c12. The van der Waals surface area contributed by atoms with E-state index in [1.165, 1.54) is 25.0 Å². The number of piperazine rings is 1. The van der Waals surface area contributed by atoms with Crippen LogP contribution in [0.15, 0.2) is 304 Å². The largest absolute Gasteiger partial charge is 0.495 e. The van der Waals surface area contributed by atoms with Crippen LogP contribution in [0.1, 0.15) is 158 Å². The van der Waals surface area contributed by atoms with E-state index in [0.717, 1.165) is 304 Å². The molecule has 22 rings (SSSR count). The molecule has 1 saturated carbocycles. The van der Waals surface area contributed by atoms with Crippen LogP contribution in [0.25, 0.3) is 54.4 Å². The third kappa shape index (κ3) is 25.1. The van der Waals surface area contributed by atoms with Crippen molar-refractivity contribution in [2.75, 3.05) is 120 Å². The Hall–Kier alpha value is -13.7. The Morgan fingerprint density at radius 3 is 1.14 bits per heavy atom. The summed E-state index contributed by atoms with van der Waals surface area (Å²) in [6, 6.07) is 88.7. The lowest BCUT2D eigenvalue weighted by Gasteiger charge is -2.39. The van der Waals surface area contributed by atoms with Gasteiger partial charge in [-0.1, -0.05) is 217 Å². The van der Waals surface area contributed by atoms with Crippen molar-refractivity contribution in [1.29, 1.82) is 0 Å². The van der Waals surface area contributed by atoms with E-state index in [-0.39, 0.29) is 58.8 Å². The quantitative estimate of drug-likeness (QED) is 0.0332. The van der Waals surface area contributed by atoms with E-state index >= 15 is 0 Å².